The highest BCUT2D eigenvalue weighted by Gasteiger charge is 2.35. The number of nitrogens with zero attached hydrogens (tertiary/aromatic N) is 2. The number of anilines is 1. The van der Waals surface area contributed by atoms with Crippen molar-refractivity contribution < 1.29 is 8.42 Å². The van der Waals surface area contributed by atoms with Gasteiger partial charge in [0.1, 0.15) is 0 Å². The molecule has 0 atom stereocenters. The maximum absolute atomic E-state index is 11.9. The van der Waals surface area contributed by atoms with Crippen molar-refractivity contribution >= 4 is 15.9 Å². The van der Waals surface area contributed by atoms with E-state index in [1.165, 1.54) is 8.61 Å². The molecule has 1 aromatic carbocycles. The van der Waals surface area contributed by atoms with Gasteiger partial charge in [0.25, 0.3) is 0 Å². The van der Waals surface area contributed by atoms with Gasteiger partial charge in [-0.15, -0.1) is 0 Å². The molecule has 0 saturated carbocycles. The first kappa shape index (κ1) is 10.4. The fourth-order valence-electron chi connectivity index (χ4n) is 1.40. The molecule has 0 unspecified atom stereocenters. The van der Waals surface area contributed by atoms with Crippen molar-refractivity contribution in [2.24, 2.45) is 0 Å². The van der Waals surface area contributed by atoms with Crippen LogP contribution in [0.25, 0.3) is 0 Å². The molecular weight excluding hydrogens is 212 g/mol. The van der Waals surface area contributed by atoms with Gasteiger partial charge in [-0.25, -0.2) is 0 Å². The minimum Gasteiger partial charge on any atom is -0.261 e. The summed E-state index contributed by atoms with van der Waals surface area (Å²) < 4.78 is 26.5. The molecule has 2 rings (SSSR count). The lowest BCUT2D eigenvalue weighted by molar-refractivity contribution is 0.561. The van der Waals surface area contributed by atoms with Gasteiger partial charge in [0.2, 0.25) is 0 Å². The van der Waals surface area contributed by atoms with Crippen molar-refractivity contribution in [1.29, 1.82) is 0 Å². The Balaban J connectivity index is 2.31. The molecule has 15 heavy (non-hydrogen) atoms. The normalized spacial score (nSPS) is 16.4. The van der Waals surface area contributed by atoms with E-state index in [1.54, 1.807) is 13.1 Å². The molecule has 5 heteroatoms. The molecule has 4 nitrogen and oxygen atoms in total. The predicted octanol–water partition coefficient (Wildman–Crippen LogP) is 0.992. The van der Waals surface area contributed by atoms with Gasteiger partial charge in [0.15, 0.2) is 0 Å². The van der Waals surface area contributed by atoms with Crippen LogP contribution in [0.4, 0.5) is 5.69 Å². The number of benzene rings is 1. The lowest BCUT2D eigenvalue weighted by Gasteiger charge is -2.19. The molecule has 82 valence electrons. The summed E-state index contributed by atoms with van der Waals surface area (Å²) in [5.74, 6) is 0. The Morgan fingerprint density at radius 1 is 1.33 bits per heavy atom. The van der Waals surface area contributed by atoms with E-state index < -0.39 is 10.2 Å². The summed E-state index contributed by atoms with van der Waals surface area (Å²) in [7, 11) is -1.68. The second-order valence-electron chi connectivity index (χ2n) is 3.71. The number of hydrogen-bond donors (Lipinski definition) is 0. The second-order valence-corrected chi connectivity index (χ2v) is 5.67. The molecule has 1 heterocycles. The first-order valence-electron chi connectivity index (χ1n) is 4.82. The second kappa shape index (κ2) is 3.50. The van der Waals surface area contributed by atoms with Crippen molar-refractivity contribution in [2.75, 3.05) is 24.4 Å². The van der Waals surface area contributed by atoms with Crippen LogP contribution >= 0.6 is 0 Å². The Hall–Kier alpha value is -1.07. The summed E-state index contributed by atoms with van der Waals surface area (Å²) in [6, 6.07) is 7.47. The molecule has 0 bridgehead atoms. The highest BCUT2D eigenvalue weighted by atomic mass is 32.2. The molecule has 1 saturated heterocycles. The minimum absolute atomic E-state index is 0.637. The Morgan fingerprint density at radius 3 is 2.53 bits per heavy atom. The SMILES string of the molecule is Cc1cccc(N(C)S(=O)(=O)N2CC2)c1. The van der Waals surface area contributed by atoms with E-state index >= 15 is 0 Å². The first-order valence-corrected chi connectivity index (χ1v) is 6.22. The van der Waals surface area contributed by atoms with E-state index in [2.05, 4.69) is 0 Å². The maximum atomic E-state index is 11.9. The Morgan fingerprint density at radius 2 is 2.00 bits per heavy atom. The van der Waals surface area contributed by atoms with E-state index in [1.807, 2.05) is 25.1 Å². The van der Waals surface area contributed by atoms with Crippen LogP contribution in [-0.2, 0) is 10.2 Å². The molecule has 1 aromatic rings. The standard InChI is InChI=1S/C10H14N2O2S/c1-9-4-3-5-10(8-9)11(2)15(13,14)12-6-7-12/h3-5,8H,6-7H2,1-2H3. The summed E-state index contributed by atoms with van der Waals surface area (Å²) in [4.78, 5) is 0. The summed E-state index contributed by atoms with van der Waals surface area (Å²) in [5.41, 5.74) is 1.77. The fraction of sp³-hybridized carbons (Fsp3) is 0.400. The van der Waals surface area contributed by atoms with Gasteiger partial charge in [-0.05, 0) is 24.6 Å². The van der Waals surface area contributed by atoms with E-state index in [4.69, 9.17) is 0 Å². The van der Waals surface area contributed by atoms with Gasteiger partial charge in [-0.2, -0.15) is 12.7 Å². The monoisotopic (exact) mass is 226 g/mol. The molecule has 0 N–H and O–H groups in total. The molecule has 1 fully saturated rings. The molecule has 1 aliphatic heterocycles. The number of rotatable bonds is 3. The van der Waals surface area contributed by atoms with Crippen LogP contribution in [0.5, 0.6) is 0 Å². The first-order chi connectivity index (χ1) is 7.01. The molecule has 0 amide bonds. The number of aryl methyl sites for hydroxylation is 1. The minimum atomic E-state index is -3.27. The quantitative estimate of drug-likeness (QED) is 0.721. The molecule has 0 radical (unpaired) electrons. The van der Waals surface area contributed by atoms with Crippen molar-refractivity contribution in [2.45, 2.75) is 6.92 Å². The highest BCUT2D eigenvalue weighted by Crippen LogP contribution is 2.22. The zero-order valence-electron chi connectivity index (χ0n) is 8.84. The third-order valence-corrected chi connectivity index (χ3v) is 4.36. The Kier molecular flexibility index (Phi) is 2.44. The summed E-state index contributed by atoms with van der Waals surface area (Å²) in [5, 5.41) is 0. The van der Waals surface area contributed by atoms with Crippen LogP contribution in [0.2, 0.25) is 0 Å². The van der Waals surface area contributed by atoms with Gasteiger partial charge in [0.05, 0.1) is 5.69 Å². The molecule has 1 aliphatic rings. The van der Waals surface area contributed by atoms with Gasteiger partial charge >= 0.3 is 10.2 Å². The highest BCUT2D eigenvalue weighted by molar-refractivity contribution is 7.90. The van der Waals surface area contributed by atoms with E-state index in [0.717, 1.165) is 5.56 Å². The van der Waals surface area contributed by atoms with Gasteiger partial charge in [-0.3, -0.25) is 4.31 Å². The zero-order valence-corrected chi connectivity index (χ0v) is 9.66. The molecule has 0 aliphatic carbocycles. The van der Waals surface area contributed by atoms with Crippen LogP contribution in [0, 0.1) is 6.92 Å². The summed E-state index contributed by atoms with van der Waals surface area (Å²) in [6.45, 7) is 3.22. The van der Waals surface area contributed by atoms with Crippen molar-refractivity contribution in [1.82, 2.24) is 4.31 Å². The number of hydrogen-bond acceptors (Lipinski definition) is 2. The lowest BCUT2D eigenvalue weighted by atomic mass is 10.2. The maximum Gasteiger partial charge on any atom is 0.303 e. The predicted molar refractivity (Wildman–Crippen MR) is 60.1 cm³/mol. The third kappa shape index (κ3) is 1.98. The molecule has 0 spiro atoms. The average Bonchev–Trinajstić information content (AvgIpc) is 2.99. The van der Waals surface area contributed by atoms with Crippen molar-refractivity contribution in [3.8, 4) is 0 Å². The van der Waals surface area contributed by atoms with E-state index in [0.29, 0.717) is 18.8 Å². The Labute approximate surface area is 90.3 Å². The average molecular weight is 226 g/mol. The lowest BCUT2D eigenvalue weighted by Crippen LogP contribution is -2.32. The van der Waals surface area contributed by atoms with Crippen LogP contribution < -0.4 is 4.31 Å². The van der Waals surface area contributed by atoms with E-state index in [-0.39, 0.29) is 0 Å². The largest absolute Gasteiger partial charge is 0.303 e. The molecular formula is C10H14N2O2S. The van der Waals surface area contributed by atoms with Gasteiger partial charge < -0.3 is 0 Å². The summed E-state index contributed by atoms with van der Waals surface area (Å²) in [6.07, 6.45) is 0. The van der Waals surface area contributed by atoms with Crippen LogP contribution in [0.15, 0.2) is 24.3 Å². The van der Waals surface area contributed by atoms with E-state index in [9.17, 15) is 8.42 Å². The fourth-order valence-corrected chi connectivity index (χ4v) is 2.67. The van der Waals surface area contributed by atoms with Gasteiger partial charge in [-0.1, -0.05) is 12.1 Å². The van der Waals surface area contributed by atoms with Crippen molar-refractivity contribution in [3.05, 3.63) is 29.8 Å². The topological polar surface area (TPSA) is 40.4 Å². The zero-order chi connectivity index (χ0) is 11.1. The molecule has 0 aromatic heterocycles. The van der Waals surface area contributed by atoms with Gasteiger partial charge in [0, 0.05) is 20.1 Å². The Bertz CT molecular complexity index is 466. The summed E-state index contributed by atoms with van der Waals surface area (Å²) >= 11 is 0. The van der Waals surface area contributed by atoms with Crippen LogP contribution in [-0.4, -0.2) is 32.9 Å². The van der Waals surface area contributed by atoms with Crippen LogP contribution in [0.3, 0.4) is 0 Å². The third-order valence-electron chi connectivity index (χ3n) is 2.44. The van der Waals surface area contributed by atoms with Crippen LogP contribution in [0.1, 0.15) is 5.56 Å². The smallest absolute Gasteiger partial charge is 0.261 e. The van der Waals surface area contributed by atoms with Crippen molar-refractivity contribution in [3.63, 3.8) is 0 Å².